The first-order chi connectivity index (χ1) is 9.42. The number of hydrogen-bond acceptors (Lipinski definition) is 5. The van der Waals surface area contributed by atoms with E-state index in [1.54, 1.807) is 0 Å². The van der Waals surface area contributed by atoms with E-state index in [-0.39, 0.29) is 0 Å². The summed E-state index contributed by atoms with van der Waals surface area (Å²) in [6.07, 6.45) is 6.05. The zero-order valence-electron chi connectivity index (χ0n) is 10.8. The highest BCUT2D eigenvalue weighted by Crippen LogP contribution is 2.16. The minimum absolute atomic E-state index is 0.527. The van der Waals surface area contributed by atoms with Crippen molar-refractivity contribution in [3.8, 4) is 0 Å². The molecule has 1 N–H and O–H groups in total. The second-order valence-corrected chi connectivity index (χ2v) is 5.83. The van der Waals surface area contributed by atoms with Crippen molar-refractivity contribution in [2.75, 3.05) is 18.0 Å². The zero-order valence-corrected chi connectivity index (χ0v) is 11.6. The molecule has 0 radical (unpaired) electrons. The first-order valence-corrected chi connectivity index (χ1v) is 7.57. The molecule has 3 heterocycles. The minimum atomic E-state index is 0.527. The molecule has 3 rings (SSSR count). The van der Waals surface area contributed by atoms with Gasteiger partial charge in [0.2, 0.25) is 5.95 Å². The maximum Gasteiger partial charge on any atom is 0.225 e. The third kappa shape index (κ3) is 3.30. The van der Waals surface area contributed by atoms with Crippen molar-refractivity contribution < 1.29 is 0 Å². The molecule has 1 unspecified atom stereocenters. The van der Waals surface area contributed by atoms with Gasteiger partial charge in [-0.25, -0.2) is 9.97 Å². The lowest BCUT2D eigenvalue weighted by Crippen LogP contribution is -2.46. The van der Waals surface area contributed by atoms with Crippen molar-refractivity contribution in [3.05, 3.63) is 40.8 Å². The van der Waals surface area contributed by atoms with Gasteiger partial charge in [0.05, 0.1) is 0 Å². The summed E-state index contributed by atoms with van der Waals surface area (Å²) in [5.74, 6) is 0.852. The molecule has 0 spiro atoms. The summed E-state index contributed by atoms with van der Waals surface area (Å²) in [4.78, 5) is 12.3. The van der Waals surface area contributed by atoms with Crippen LogP contribution in [0.3, 0.4) is 0 Å². The average Bonchev–Trinajstić information content (AvgIpc) is 3.00. The minimum Gasteiger partial charge on any atom is -0.339 e. The molecular formula is C14H18N4S. The topological polar surface area (TPSA) is 41.1 Å². The second kappa shape index (κ2) is 6.12. The number of anilines is 1. The molecule has 0 saturated carbocycles. The summed E-state index contributed by atoms with van der Waals surface area (Å²) >= 11 is 1.81. The first kappa shape index (κ1) is 12.6. The number of piperidine rings is 1. The summed E-state index contributed by atoms with van der Waals surface area (Å²) in [6, 6.07) is 6.67. The SMILES string of the molecule is c1cnc(N2CCCC(NCc3cccs3)C2)nc1. The molecule has 1 atom stereocenters. The molecule has 100 valence electrons. The molecular weight excluding hydrogens is 256 g/mol. The van der Waals surface area contributed by atoms with Crippen LogP contribution < -0.4 is 10.2 Å². The summed E-state index contributed by atoms with van der Waals surface area (Å²) < 4.78 is 0. The molecule has 0 aromatic carbocycles. The van der Waals surface area contributed by atoms with Crippen LogP contribution in [0.4, 0.5) is 5.95 Å². The lowest BCUT2D eigenvalue weighted by molar-refractivity contribution is 0.419. The molecule has 2 aromatic heterocycles. The Morgan fingerprint density at radius 1 is 1.32 bits per heavy atom. The Kier molecular flexibility index (Phi) is 4.05. The molecule has 2 aromatic rings. The summed E-state index contributed by atoms with van der Waals surface area (Å²) in [6.45, 7) is 3.02. The van der Waals surface area contributed by atoms with Crippen LogP contribution in [0.1, 0.15) is 17.7 Å². The zero-order chi connectivity index (χ0) is 12.9. The van der Waals surface area contributed by atoms with E-state index < -0.39 is 0 Å². The molecule has 0 bridgehead atoms. The molecule has 0 amide bonds. The molecule has 1 aliphatic heterocycles. The van der Waals surface area contributed by atoms with Crippen LogP contribution in [0.15, 0.2) is 36.0 Å². The average molecular weight is 274 g/mol. The largest absolute Gasteiger partial charge is 0.339 e. The maximum atomic E-state index is 4.34. The molecule has 4 nitrogen and oxygen atoms in total. The van der Waals surface area contributed by atoms with Crippen LogP contribution >= 0.6 is 11.3 Å². The second-order valence-electron chi connectivity index (χ2n) is 4.79. The predicted molar refractivity (Wildman–Crippen MR) is 78.4 cm³/mol. The number of hydrogen-bond donors (Lipinski definition) is 1. The Bertz CT molecular complexity index is 485. The van der Waals surface area contributed by atoms with Crippen LogP contribution in [0, 0.1) is 0 Å². The Labute approximate surface area is 117 Å². The maximum absolute atomic E-state index is 4.34. The third-order valence-corrected chi connectivity index (χ3v) is 4.28. The highest BCUT2D eigenvalue weighted by Gasteiger charge is 2.21. The van der Waals surface area contributed by atoms with Gasteiger partial charge in [-0.05, 0) is 30.4 Å². The third-order valence-electron chi connectivity index (χ3n) is 3.40. The van der Waals surface area contributed by atoms with Crippen molar-refractivity contribution in [2.24, 2.45) is 0 Å². The van der Waals surface area contributed by atoms with Crippen LogP contribution in [-0.2, 0) is 6.54 Å². The van der Waals surface area contributed by atoms with E-state index in [1.807, 2.05) is 29.8 Å². The van der Waals surface area contributed by atoms with Gasteiger partial charge in [0.1, 0.15) is 0 Å². The normalized spacial score (nSPS) is 19.6. The Morgan fingerprint density at radius 2 is 2.21 bits per heavy atom. The van der Waals surface area contributed by atoms with Crippen molar-refractivity contribution in [1.82, 2.24) is 15.3 Å². The van der Waals surface area contributed by atoms with Crippen molar-refractivity contribution >= 4 is 17.3 Å². The Morgan fingerprint density at radius 3 is 3.00 bits per heavy atom. The Balaban J connectivity index is 1.56. The van der Waals surface area contributed by atoms with Crippen LogP contribution in [0.25, 0.3) is 0 Å². The van der Waals surface area contributed by atoms with Gasteiger partial charge in [0.25, 0.3) is 0 Å². The van der Waals surface area contributed by atoms with Crippen molar-refractivity contribution in [1.29, 1.82) is 0 Å². The van der Waals surface area contributed by atoms with Gasteiger partial charge < -0.3 is 10.2 Å². The molecule has 1 fully saturated rings. The van der Waals surface area contributed by atoms with Gasteiger partial charge >= 0.3 is 0 Å². The summed E-state index contributed by atoms with van der Waals surface area (Å²) in [5, 5.41) is 5.76. The van der Waals surface area contributed by atoms with Crippen molar-refractivity contribution in [3.63, 3.8) is 0 Å². The van der Waals surface area contributed by atoms with Gasteiger partial charge in [0, 0.05) is 42.9 Å². The molecule has 19 heavy (non-hydrogen) atoms. The first-order valence-electron chi connectivity index (χ1n) is 6.69. The fourth-order valence-corrected chi connectivity index (χ4v) is 3.09. The monoisotopic (exact) mass is 274 g/mol. The van der Waals surface area contributed by atoms with Gasteiger partial charge in [-0.2, -0.15) is 0 Å². The number of thiophene rings is 1. The molecule has 5 heteroatoms. The van der Waals surface area contributed by atoms with Gasteiger partial charge in [-0.3, -0.25) is 0 Å². The summed E-state index contributed by atoms with van der Waals surface area (Å²) in [5.41, 5.74) is 0. The standard InChI is InChI=1S/C14H18N4S/c1-4-12(17-10-13-5-2-9-19-13)11-18(8-1)14-15-6-3-7-16-14/h2-3,5-7,9,12,17H,1,4,8,10-11H2. The molecule has 0 aliphatic carbocycles. The highest BCUT2D eigenvalue weighted by atomic mass is 32.1. The number of rotatable bonds is 4. The fourth-order valence-electron chi connectivity index (χ4n) is 2.44. The fraction of sp³-hybridized carbons (Fsp3) is 0.429. The van der Waals surface area contributed by atoms with E-state index in [1.165, 1.54) is 17.7 Å². The van der Waals surface area contributed by atoms with Gasteiger partial charge in [-0.1, -0.05) is 6.07 Å². The number of nitrogens with zero attached hydrogens (tertiary/aromatic N) is 3. The Hall–Kier alpha value is -1.46. The van der Waals surface area contributed by atoms with E-state index in [2.05, 4.69) is 37.7 Å². The van der Waals surface area contributed by atoms with Gasteiger partial charge in [0.15, 0.2) is 0 Å². The predicted octanol–water partition coefficient (Wildman–Crippen LogP) is 2.30. The van der Waals surface area contributed by atoms with E-state index in [9.17, 15) is 0 Å². The van der Waals surface area contributed by atoms with Crippen molar-refractivity contribution in [2.45, 2.75) is 25.4 Å². The lowest BCUT2D eigenvalue weighted by atomic mass is 10.1. The number of aromatic nitrogens is 2. The van der Waals surface area contributed by atoms with E-state index in [0.717, 1.165) is 25.6 Å². The van der Waals surface area contributed by atoms with Crippen LogP contribution in [-0.4, -0.2) is 29.1 Å². The lowest BCUT2D eigenvalue weighted by Gasteiger charge is -2.33. The highest BCUT2D eigenvalue weighted by molar-refractivity contribution is 7.09. The van der Waals surface area contributed by atoms with E-state index in [4.69, 9.17) is 0 Å². The summed E-state index contributed by atoms with van der Waals surface area (Å²) in [7, 11) is 0. The quantitative estimate of drug-likeness (QED) is 0.929. The smallest absolute Gasteiger partial charge is 0.225 e. The molecule has 1 aliphatic rings. The van der Waals surface area contributed by atoms with Gasteiger partial charge in [-0.15, -0.1) is 11.3 Å². The number of nitrogens with one attached hydrogen (secondary N) is 1. The van der Waals surface area contributed by atoms with Crippen LogP contribution in [0.2, 0.25) is 0 Å². The van der Waals surface area contributed by atoms with E-state index in [0.29, 0.717) is 6.04 Å². The van der Waals surface area contributed by atoms with Crippen LogP contribution in [0.5, 0.6) is 0 Å². The molecule has 1 saturated heterocycles. The van der Waals surface area contributed by atoms with E-state index >= 15 is 0 Å².